The van der Waals surface area contributed by atoms with Crippen molar-refractivity contribution < 1.29 is 45.0 Å². The van der Waals surface area contributed by atoms with Gasteiger partial charge in [-0.1, -0.05) is 0 Å². The van der Waals surface area contributed by atoms with Crippen LogP contribution in [0.4, 0.5) is 26.3 Å². The van der Waals surface area contributed by atoms with E-state index < -0.39 is 30.7 Å². The molecule has 33 heavy (non-hydrogen) atoms. The number of nitrogens with one attached hydrogen (secondary N) is 1. The number of amides is 1. The van der Waals surface area contributed by atoms with Crippen LogP contribution in [0.1, 0.15) is 75.0 Å². The summed E-state index contributed by atoms with van der Waals surface area (Å²) in [5.41, 5.74) is 0. The summed E-state index contributed by atoms with van der Waals surface area (Å²) in [5, 5.41) is 10.9. The lowest BCUT2D eigenvalue weighted by molar-refractivity contribution is -0.352. The lowest BCUT2D eigenvalue weighted by Crippen LogP contribution is -2.44. The van der Waals surface area contributed by atoms with Crippen molar-refractivity contribution in [3.8, 4) is 0 Å². The first-order chi connectivity index (χ1) is 15.5. The van der Waals surface area contributed by atoms with Gasteiger partial charge >= 0.3 is 12.5 Å². The summed E-state index contributed by atoms with van der Waals surface area (Å²) in [4.78, 5) is 12.0. The molecular weight excluding hydrogens is 460 g/mol. The van der Waals surface area contributed by atoms with Crippen molar-refractivity contribution in [3.05, 3.63) is 11.8 Å². The van der Waals surface area contributed by atoms with Gasteiger partial charge in [-0.3, -0.25) is 9.53 Å². The highest BCUT2D eigenvalue weighted by Gasteiger charge is 2.48. The smallest absolute Gasteiger partial charge is 0.425 e. The Labute approximate surface area is 185 Å². The lowest BCUT2D eigenvalue weighted by atomic mass is 9.82. The molecule has 0 unspecified atom stereocenters. The second kappa shape index (κ2) is 9.40. The van der Waals surface area contributed by atoms with Crippen LogP contribution < -0.4 is 5.32 Å². The normalized spacial score (nSPS) is 32.7. The van der Waals surface area contributed by atoms with Crippen LogP contribution in [-0.2, 0) is 14.3 Å². The summed E-state index contributed by atoms with van der Waals surface area (Å²) < 4.78 is 89.0. The maximum atomic E-state index is 12.5. The summed E-state index contributed by atoms with van der Waals surface area (Å²) in [6.07, 6.45) is -7.42. The minimum absolute atomic E-state index is 0.00669. The average molecular weight is 485 g/mol. The van der Waals surface area contributed by atoms with Crippen LogP contribution in [0.5, 0.6) is 0 Å². The number of halogens is 6. The largest absolute Gasteiger partial charge is 0.522 e. The molecule has 7 nitrogen and oxygen atoms in total. The van der Waals surface area contributed by atoms with Gasteiger partial charge in [0.1, 0.15) is 6.61 Å². The fourth-order valence-electron chi connectivity index (χ4n) is 4.55. The van der Waals surface area contributed by atoms with Crippen LogP contribution in [0.25, 0.3) is 0 Å². The molecular formula is C20H25F6N3O4. The predicted molar refractivity (Wildman–Crippen MR) is 98.9 cm³/mol. The number of hydrogen-bond acceptors (Lipinski definition) is 6. The highest BCUT2D eigenvalue weighted by atomic mass is 19.4. The van der Waals surface area contributed by atoms with E-state index in [2.05, 4.69) is 20.3 Å². The summed E-state index contributed by atoms with van der Waals surface area (Å²) in [5.74, 6) is -1.16. The van der Waals surface area contributed by atoms with Gasteiger partial charge in [0.05, 0.1) is 18.1 Å². The maximum absolute atomic E-state index is 12.5. The number of carbonyl (C=O) groups excluding carboxylic acids is 1. The predicted octanol–water partition coefficient (Wildman–Crippen LogP) is 4.35. The van der Waals surface area contributed by atoms with Gasteiger partial charge in [0, 0.05) is 17.9 Å². The Morgan fingerprint density at radius 2 is 1.52 bits per heavy atom. The first-order valence-corrected chi connectivity index (χ1v) is 11.0. The minimum atomic E-state index is -4.65. The molecule has 3 saturated carbocycles. The minimum Gasteiger partial charge on any atom is -0.425 e. The Hall–Kier alpha value is -1.89. The van der Waals surface area contributed by atoms with Crippen LogP contribution in [0.3, 0.4) is 0 Å². The van der Waals surface area contributed by atoms with E-state index in [-0.39, 0.29) is 56.1 Å². The van der Waals surface area contributed by atoms with E-state index in [1.807, 2.05) is 0 Å². The monoisotopic (exact) mass is 485 g/mol. The molecule has 0 saturated heterocycles. The summed E-state index contributed by atoms with van der Waals surface area (Å²) >= 11 is 0. The molecule has 0 aliphatic heterocycles. The average Bonchev–Trinajstić information content (AvgIpc) is 3.11. The molecule has 1 aromatic rings. The van der Waals surface area contributed by atoms with Crippen molar-refractivity contribution in [2.75, 3.05) is 6.61 Å². The fourth-order valence-corrected chi connectivity index (χ4v) is 4.55. The van der Waals surface area contributed by atoms with Crippen molar-refractivity contribution in [2.24, 2.45) is 5.92 Å². The third-order valence-electron chi connectivity index (χ3n) is 6.65. The Bertz CT molecular complexity index is 809. The Morgan fingerprint density at radius 1 is 0.909 bits per heavy atom. The highest BCUT2D eigenvalue weighted by molar-refractivity contribution is 5.77. The zero-order chi connectivity index (χ0) is 23.8. The third kappa shape index (κ3) is 6.37. The first-order valence-electron chi connectivity index (χ1n) is 11.0. The van der Waals surface area contributed by atoms with Crippen molar-refractivity contribution in [1.29, 1.82) is 0 Å². The SMILES string of the molecule is O=C(COC1CC(C(F)(F)F)C1)N[C@H]1CC[C@H](c2nnc([C@H]3C[C@H](OC(F)(F)F)C3)o2)CC1. The molecule has 0 bridgehead atoms. The van der Waals surface area contributed by atoms with Crippen molar-refractivity contribution in [3.63, 3.8) is 0 Å². The van der Waals surface area contributed by atoms with Crippen molar-refractivity contribution >= 4 is 5.91 Å². The van der Waals surface area contributed by atoms with Gasteiger partial charge < -0.3 is 14.5 Å². The molecule has 1 N–H and O–H groups in total. The number of rotatable bonds is 7. The fraction of sp³-hybridized carbons (Fsp3) is 0.850. The highest BCUT2D eigenvalue weighted by Crippen LogP contribution is 2.43. The van der Waals surface area contributed by atoms with Crippen LogP contribution in [0.15, 0.2) is 4.42 Å². The number of carbonyl (C=O) groups is 1. The molecule has 1 aromatic heterocycles. The molecule has 0 atom stereocenters. The summed E-state index contributed by atoms with van der Waals surface area (Å²) in [7, 11) is 0. The molecule has 4 rings (SSSR count). The van der Waals surface area contributed by atoms with Crippen molar-refractivity contribution in [2.45, 2.75) is 94.0 Å². The number of hydrogen-bond donors (Lipinski definition) is 1. The van der Waals surface area contributed by atoms with E-state index in [9.17, 15) is 31.1 Å². The number of ether oxygens (including phenoxy) is 2. The van der Waals surface area contributed by atoms with E-state index in [1.165, 1.54) is 0 Å². The van der Waals surface area contributed by atoms with Crippen LogP contribution in [0.2, 0.25) is 0 Å². The first kappa shape index (κ1) is 24.2. The van der Waals surface area contributed by atoms with E-state index >= 15 is 0 Å². The standard InChI is InChI=1S/C20H25F6N3O4/c21-19(22,23)12-7-14(8-12)31-9-16(30)27-13-3-1-10(2-4-13)17-28-29-18(32-17)11-5-15(6-11)33-20(24,25)26/h10-15H,1-9H2,(H,27,30)/t10-,11-,12?,13-,14?,15-. The Kier molecular flexibility index (Phi) is 6.90. The number of alkyl halides is 6. The molecule has 13 heteroatoms. The topological polar surface area (TPSA) is 86.5 Å². The van der Waals surface area contributed by atoms with Crippen molar-refractivity contribution in [1.82, 2.24) is 15.5 Å². The third-order valence-corrected chi connectivity index (χ3v) is 6.65. The van der Waals surface area contributed by atoms with Crippen LogP contribution in [-0.4, -0.2) is 53.5 Å². The van der Waals surface area contributed by atoms with E-state index in [4.69, 9.17) is 9.15 Å². The molecule has 0 spiro atoms. The molecule has 186 valence electrons. The van der Waals surface area contributed by atoms with Gasteiger partial charge in [-0.25, -0.2) is 0 Å². The molecule has 3 fully saturated rings. The Balaban J connectivity index is 1.13. The molecule has 1 amide bonds. The molecule has 3 aliphatic rings. The summed E-state index contributed by atoms with van der Waals surface area (Å²) in [6.45, 7) is -0.261. The quantitative estimate of drug-likeness (QED) is 0.578. The van der Waals surface area contributed by atoms with E-state index in [0.717, 1.165) is 0 Å². The maximum Gasteiger partial charge on any atom is 0.522 e. The molecule has 0 radical (unpaired) electrons. The van der Waals surface area contributed by atoms with E-state index in [0.29, 0.717) is 37.5 Å². The van der Waals surface area contributed by atoms with Gasteiger partial charge in [0.25, 0.3) is 0 Å². The lowest BCUT2D eigenvalue weighted by Gasteiger charge is -2.36. The molecule has 3 aliphatic carbocycles. The van der Waals surface area contributed by atoms with Crippen LogP contribution >= 0.6 is 0 Å². The van der Waals surface area contributed by atoms with Gasteiger partial charge in [-0.05, 0) is 51.4 Å². The summed E-state index contributed by atoms with van der Waals surface area (Å²) in [6, 6.07) is -0.0732. The number of nitrogens with zero attached hydrogens (tertiary/aromatic N) is 2. The van der Waals surface area contributed by atoms with E-state index in [1.54, 1.807) is 0 Å². The van der Waals surface area contributed by atoms with Gasteiger partial charge in [-0.2, -0.15) is 13.2 Å². The molecule has 1 heterocycles. The van der Waals surface area contributed by atoms with Gasteiger partial charge in [0.2, 0.25) is 17.7 Å². The molecule has 0 aromatic carbocycles. The zero-order valence-corrected chi connectivity index (χ0v) is 17.6. The van der Waals surface area contributed by atoms with Gasteiger partial charge in [-0.15, -0.1) is 23.4 Å². The zero-order valence-electron chi connectivity index (χ0n) is 17.6. The van der Waals surface area contributed by atoms with Gasteiger partial charge in [0.15, 0.2) is 0 Å². The second-order valence-electron chi connectivity index (χ2n) is 9.09. The Morgan fingerprint density at radius 3 is 2.09 bits per heavy atom. The number of aromatic nitrogens is 2. The van der Waals surface area contributed by atoms with Crippen LogP contribution in [0, 0.1) is 5.92 Å². The second-order valence-corrected chi connectivity index (χ2v) is 9.09.